The van der Waals surface area contributed by atoms with Crippen LogP contribution in [0.4, 0.5) is 4.39 Å². The van der Waals surface area contributed by atoms with Crippen molar-refractivity contribution < 1.29 is 4.39 Å². The Labute approximate surface area is 202 Å². The lowest BCUT2D eigenvalue weighted by Crippen LogP contribution is -1.94. The highest BCUT2D eigenvalue weighted by molar-refractivity contribution is 6.30. The maximum absolute atomic E-state index is 15.2. The third kappa shape index (κ3) is 6.24. The highest BCUT2D eigenvalue weighted by Crippen LogP contribution is 2.30. The molecule has 170 valence electrons. The van der Waals surface area contributed by atoms with E-state index in [1.54, 1.807) is 12.1 Å². The van der Waals surface area contributed by atoms with Crippen LogP contribution in [0.5, 0.6) is 0 Å². The molecule has 0 unspecified atom stereocenters. The summed E-state index contributed by atoms with van der Waals surface area (Å²) in [6.45, 7) is 2.26. The molecule has 0 nitrogen and oxygen atoms in total. The number of aryl methyl sites for hydroxylation is 3. The van der Waals surface area contributed by atoms with Crippen LogP contribution in [0.2, 0.25) is 5.02 Å². The van der Waals surface area contributed by atoms with Gasteiger partial charge in [-0.3, -0.25) is 0 Å². The van der Waals surface area contributed by atoms with Gasteiger partial charge >= 0.3 is 0 Å². The summed E-state index contributed by atoms with van der Waals surface area (Å²) in [6.07, 6.45) is 9.74. The van der Waals surface area contributed by atoms with Gasteiger partial charge in [0.05, 0.1) is 0 Å². The van der Waals surface area contributed by atoms with Crippen molar-refractivity contribution in [2.24, 2.45) is 0 Å². The normalized spacial score (nSPS) is 11.2. The molecule has 0 radical (unpaired) electrons. The number of rotatable bonds is 10. The Morgan fingerprint density at radius 2 is 1.27 bits per heavy atom. The average molecular weight is 459 g/mol. The number of unbranched alkanes of at least 4 members (excludes halogenated alkanes) is 4. The van der Waals surface area contributed by atoms with E-state index in [9.17, 15) is 0 Å². The van der Waals surface area contributed by atoms with Crippen molar-refractivity contribution in [3.05, 3.63) is 106 Å². The first-order valence-corrected chi connectivity index (χ1v) is 12.6. The summed E-state index contributed by atoms with van der Waals surface area (Å²) >= 11 is 5.97. The zero-order valence-corrected chi connectivity index (χ0v) is 20.2. The van der Waals surface area contributed by atoms with E-state index in [0.29, 0.717) is 16.0 Å². The number of hydrogen-bond acceptors (Lipinski definition) is 0. The van der Waals surface area contributed by atoms with Crippen molar-refractivity contribution in [2.45, 2.75) is 58.3 Å². The summed E-state index contributed by atoms with van der Waals surface area (Å²) in [5.74, 6) is -0.174. The van der Waals surface area contributed by atoms with Crippen LogP contribution in [0.3, 0.4) is 0 Å². The molecule has 4 rings (SSSR count). The average Bonchev–Trinajstić information content (AvgIpc) is 2.84. The predicted molar refractivity (Wildman–Crippen MR) is 141 cm³/mol. The second-order valence-corrected chi connectivity index (χ2v) is 9.41. The zero-order valence-electron chi connectivity index (χ0n) is 19.4. The molecule has 4 aromatic carbocycles. The lowest BCUT2D eigenvalue weighted by atomic mass is 9.97. The van der Waals surface area contributed by atoms with Crippen LogP contribution in [0.1, 0.15) is 55.7 Å². The van der Waals surface area contributed by atoms with Gasteiger partial charge in [-0.2, -0.15) is 0 Å². The van der Waals surface area contributed by atoms with E-state index in [1.807, 2.05) is 30.3 Å². The Bertz CT molecular complexity index is 1180. The van der Waals surface area contributed by atoms with E-state index in [4.69, 9.17) is 11.6 Å². The smallest absolute Gasteiger partial charge is 0.138 e. The lowest BCUT2D eigenvalue weighted by molar-refractivity contribution is 0.632. The fourth-order valence-corrected chi connectivity index (χ4v) is 4.57. The van der Waals surface area contributed by atoms with Gasteiger partial charge in [0.1, 0.15) is 5.82 Å². The second-order valence-electron chi connectivity index (χ2n) is 8.97. The molecule has 0 aliphatic carbocycles. The molecule has 0 aromatic heterocycles. The van der Waals surface area contributed by atoms with E-state index in [0.717, 1.165) is 23.8 Å². The first kappa shape index (κ1) is 23.5. The van der Waals surface area contributed by atoms with Gasteiger partial charge in [0.2, 0.25) is 0 Å². The van der Waals surface area contributed by atoms with Crippen LogP contribution in [0, 0.1) is 5.82 Å². The molecule has 0 aliphatic rings. The SMILES string of the molecule is CCCCCCCc1ccc(CCc2ccc3c(F)c(-c4ccc(Cl)cc4)ccc3c2)cc1. The molecule has 0 amide bonds. The molecule has 4 aromatic rings. The van der Waals surface area contributed by atoms with E-state index in [2.05, 4.69) is 43.3 Å². The monoisotopic (exact) mass is 458 g/mol. The molecule has 0 atom stereocenters. The van der Waals surface area contributed by atoms with Crippen LogP contribution in [0.25, 0.3) is 21.9 Å². The Morgan fingerprint density at radius 3 is 2.00 bits per heavy atom. The van der Waals surface area contributed by atoms with Crippen molar-refractivity contribution in [1.29, 1.82) is 0 Å². The summed E-state index contributed by atoms with van der Waals surface area (Å²) in [7, 11) is 0. The first-order valence-electron chi connectivity index (χ1n) is 12.2. The third-order valence-electron chi connectivity index (χ3n) is 6.47. The summed E-state index contributed by atoms with van der Waals surface area (Å²) in [5, 5.41) is 2.26. The zero-order chi connectivity index (χ0) is 23.0. The molecular weight excluding hydrogens is 427 g/mol. The minimum atomic E-state index is -0.174. The lowest BCUT2D eigenvalue weighted by Gasteiger charge is -2.09. The van der Waals surface area contributed by atoms with Crippen molar-refractivity contribution in [1.82, 2.24) is 0 Å². The van der Waals surface area contributed by atoms with Gasteiger partial charge in [0.15, 0.2) is 0 Å². The molecule has 0 bridgehead atoms. The fraction of sp³-hybridized carbons (Fsp3) is 0.290. The minimum Gasteiger partial charge on any atom is -0.206 e. The molecule has 0 saturated heterocycles. The van der Waals surface area contributed by atoms with E-state index in [-0.39, 0.29) is 5.82 Å². The Balaban J connectivity index is 1.38. The summed E-state index contributed by atoms with van der Waals surface area (Å²) in [4.78, 5) is 0. The Morgan fingerprint density at radius 1 is 0.636 bits per heavy atom. The van der Waals surface area contributed by atoms with Crippen LogP contribution >= 0.6 is 11.6 Å². The molecule has 0 N–H and O–H groups in total. The van der Waals surface area contributed by atoms with Gasteiger partial charge in [-0.25, -0.2) is 4.39 Å². The van der Waals surface area contributed by atoms with Gasteiger partial charge < -0.3 is 0 Å². The van der Waals surface area contributed by atoms with Crippen LogP contribution < -0.4 is 0 Å². The molecule has 2 heteroatoms. The van der Waals surface area contributed by atoms with Crippen LogP contribution in [0.15, 0.2) is 78.9 Å². The molecule has 0 heterocycles. The van der Waals surface area contributed by atoms with Crippen molar-refractivity contribution in [3.63, 3.8) is 0 Å². The molecule has 0 aliphatic heterocycles. The highest BCUT2D eigenvalue weighted by Gasteiger charge is 2.10. The quantitative estimate of drug-likeness (QED) is 0.207. The molecule has 0 spiro atoms. The Hall–Kier alpha value is -2.64. The van der Waals surface area contributed by atoms with Gasteiger partial charge in [0.25, 0.3) is 0 Å². The number of benzene rings is 4. The van der Waals surface area contributed by atoms with Crippen molar-refractivity contribution >= 4 is 22.4 Å². The van der Waals surface area contributed by atoms with Gasteiger partial charge in [0, 0.05) is 16.0 Å². The Kier molecular flexibility index (Phi) is 8.18. The van der Waals surface area contributed by atoms with Crippen molar-refractivity contribution in [3.8, 4) is 11.1 Å². The highest BCUT2D eigenvalue weighted by atomic mass is 35.5. The molecular formula is C31H32ClF. The topological polar surface area (TPSA) is 0 Å². The number of hydrogen-bond donors (Lipinski definition) is 0. The fourth-order valence-electron chi connectivity index (χ4n) is 4.44. The second kappa shape index (κ2) is 11.5. The predicted octanol–water partition coefficient (Wildman–Crippen LogP) is 9.60. The number of halogens is 2. The van der Waals surface area contributed by atoms with Gasteiger partial charge in [-0.05, 0) is 65.5 Å². The molecule has 0 fully saturated rings. The molecule has 0 saturated carbocycles. The van der Waals surface area contributed by atoms with E-state index in [1.165, 1.54) is 55.2 Å². The van der Waals surface area contributed by atoms with Crippen molar-refractivity contribution in [2.75, 3.05) is 0 Å². The summed E-state index contributed by atoms with van der Waals surface area (Å²) in [5.41, 5.74) is 5.48. The largest absolute Gasteiger partial charge is 0.206 e. The van der Waals surface area contributed by atoms with Crippen LogP contribution in [-0.2, 0) is 19.3 Å². The maximum Gasteiger partial charge on any atom is 0.138 e. The summed E-state index contributed by atoms with van der Waals surface area (Å²) < 4.78 is 15.2. The maximum atomic E-state index is 15.2. The van der Waals surface area contributed by atoms with Crippen LogP contribution in [-0.4, -0.2) is 0 Å². The van der Waals surface area contributed by atoms with E-state index >= 15 is 4.39 Å². The number of fused-ring (bicyclic) bond motifs is 1. The minimum absolute atomic E-state index is 0.174. The standard InChI is InChI=1S/C31H32ClF/c1-2-3-4-5-6-7-23-8-10-24(11-9-23)12-13-25-14-20-30-27(22-25)17-21-29(31(30)33)26-15-18-28(32)19-16-26/h8-11,14-22H,2-7,12-13H2,1H3. The van der Waals surface area contributed by atoms with Gasteiger partial charge in [-0.1, -0.05) is 111 Å². The molecule has 33 heavy (non-hydrogen) atoms. The summed E-state index contributed by atoms with van der Waals surface area (Å²) in [6, 6.07) is 26.4. The first-order chi connectivity index (χ1) is 16.1. The van der Waals surface area contributed by atoms with Gasteiger partial charge in [-0.15, -0.1) is 0 Å². The third-order valence-corrected chi connectivity index (χ3v) is 6.72. The van der Waals surface area contributed by atoms with E-state index < -0.39 is 0 Å².